The van der Waals surface area contributed by atoms with Crippen molar-refractivity contribution in [3.63, 3.8) is 0 Å². The molecule has 0 unspecified atom stereocenters. The number of aromatic hydroxyl groups is 1. The van der Waals surface area contributed by atoms with Gasteiger partial charge < -0.3 is 15.1 Å². The summed E-state index contributed by atoms with van der Waals surface area (Å²) in [5.41, 5.74) is 0.564. The zero-order valence-electron chi connectivity index (χ0n) is 10.6. The van der Waals surface area contributed by atoms with Crippen LogP contribution in [0.2, 0.25) is 0 Å². The van der Waals surface area contributed by atoms with Crippen molar-refractivity contribution in [1.82, 2.24) is 4.90 Å². The number of nitrogens with zero attached hydrogens (tertiary/aromatic N) is 1. The van der Waals surface area contributed by atoms with Crippen LogP contribution in [0.1, 0.15) is 17.4 Å². The number of carbonyl (C=O) groups excluding carboxylic acids is 1. The Kier molecular flexibility index (Phi) is 4.82. The van der Waals surface area contributed by atoms with Crippen molar-refractivity contribution in [3.8, 4) is 5.75 Å². The Bertz CT molecular complexity index is 523. The highest BCUT2D eigenvalue weighted by Gasteiger charge is 2.42. The number of amides is 1. The number of benzene rings is 1. The van der Waals surface area contributed by atoms with Gasteiger partial charge in [0.25, 0.3) is 0 Å². The van der Waals surface area contributed by atoms with Crippen LogP contribution in [-0.2, 0) is 9.59 Å². The van der Waals surface area contributed by atoms with Gasteiger partial charge in [0.2, 0.25) is 5.91 Å². The lowest BCUT2D eigenvalue weighted by molar-refractivity contribution is -0.149. The van der Waals surface area contributed by atoms with Crippen molar-refractivity contribution in [2.75, 3.05) is 11.5 Å². The maximum Gasteiger partial charge on any atom is 0.327 e. The van der Waals surface area contributed by atoms with Gasteiger partial charge in [0.05, 0.1) is 0 Å². The Balaban J connectivity index is 2.34. The Morgan fingerprint density at radius 2 is 2.10 bits per heavy atom. The highest BCUT2D eigenvalue weighted by molar-refractivity contribution is 7.99. The number of hydrogen-bond donors (Lipinski definition) is 3. The Labute approximate surface area is 126 Å². The number of carboxylic acids is 1. The third-order valence-corrected chi connectivity index (χ3v) is 4.63. The minimum atomic E-state index is -1.03. The van der Waals surface area contributed by atoms with E-state index in [1.165, 1.54) is 22.7 Å². The van der Waals surface area contributed by atoms with Crippen LogP contribution in [0.3, 0.4) is 0 Å². The molecule has 0 aliphatic carbocycles. The SMILES string of the molecule is O=C(O)[C@@H]1CS[C@H](c2ccccc2O)N1C(=O)CCS. The average molecular weight is 313 g/mol. The van der Waals surface area contributed by atoms with Crippen LogP contribution in [0.25, 0.3) is 0 Å². The van der Waals surface area contributed by atoms with Gasteiger partial charge in [-0.2, -0.15) is 12.6 Å². The van der Waals surface area contributed by atoms with E-state index >= 15 is 0 Å². The number of thiol groups is 1. The Morgan fingerprint density at radius 3 is 2.70 bits per heavy atom. The minimum absolute atomic E-state index is 0.0692. The molecule has 0 spiro atoms. The third-order valence-electron chi connectivity index (χ3n) is 3.10. The van der Waals surface area contributed by atoms with Gasteiger partial charge >= 0.3 is 5.97 Å². The van der Waals surface area contributed by atoms with Crippen LogP contribution < -0.4 is 0 Å². The van der Waals surface area contributed by atoms with E-state index in [0.717, 1.165) is 0 Å². The molecule has 1 aliphatic heterocycles. The molecule has 1 amide bonds. The molecule has 20 heavy (non-hydrogen) atoms. The molecule has 2 rings (SSSR count). The van der Waals surface area contributed by atoms with Crippen LogP contribution in [0.15, 0.2) is 24.3 Å². The zero-order chi connectivity index (χ0) is 14.7. The van der Waals surface area contributed by atoms with E-state index in [1.54, 1.807) is 18.2 Å². The topological polar surface area (TPSA) is 77.8 Å². The number of carboxylic acid groups (broad SMARTS) is 1. The summed E-state index contributed by atoms with van der Waals surface area (Å²) in [6.07, 6.45) is 0.178. The quantitative estimate of drug-likeness (QED) is 0.738. The molecule has 0 radical (unpaired) electrons. The monoisotopic (exact) mass is 313 g/mol. The van der Waals surface area contributed by atoms with E-state index < -0.39 is 17.4 Å². The van der Waals surface area contributed by atoms with E-state index in [9.17, 15) is 19.8 Å². The smallest absolute Gasteiger partial charge is 0.327 e. The van der Waals surface area contributed by atoms with E-state index in [1.807, 2.05) is 0 Å². The van der Waals surface area contributed by atoms with Gasteiger partial charge in [-0.1, -0.05) is 18.2 Å². The molecule has 1 aliphatic rings. The molecule has 1 aromatic carbocycles. The number of rotatable bonds is 4. The van der Waals surface area contributed by atoms with Gasteiger partial charge in [-0.15, -0.1) is 11.8 Å². The fraction of sp³-hybridized carbons (Fsp3) is 0.385. The normalized spacial score (nSPS) is 21.9. The number of carbonyl (C=O) groups is 2. The number of phenols is 1. The summed E-state index contributed by atoms with van der Waals surface area (Å²) in [5, 5.41) is 18.7. The molecule has 1 aromatic rings. The second kappa shape index (κ2) is 6.41. The first-order valence-electron chi connectivity index (χ1n) is 6.10. The standard InChI is InChI=1S/C13H15NO4S2/c15-10-4-2-1-3-8(10)12-14(11(16)5-6-19)9(7-20-12)13(17)18/h1-4,9,12,15,19H,5-7H2,(H,17,18)/t9-,12+/m0/s1. The van der Waals surface area contributed by atoms with Gasteiger partial charge in [0.1, 0.15) is 17.2 Å². The van der Waals surface area contributed by atoms with Crippen LogP contribution >= 0.6 is 24.4 Å². The summed E-state index contributed by atoms with van der Waals surface area (Å²) in [6, 6.07) is 5.82. The summed E-state index contributed by atoms with van der Waals surface area (Å²) in [6.45, 7) is 0. The van der Waals surface area contributed by atoms with Gasteiger partial charge in [0.15, 0.2) is 0 Å². The molecule has 0 bridgehead atoms. The van der Waals surface area contributed by atoms with Crippen molar-refractivity contribution in [3.05, 3.63) is 29.8 Å². The molecule has 0 saturated carbocycles. The predicted molar refractivity (Wildman–Crippen MR) is 80.0 cm³/mol. The number of para-hydroxylation sites is 1. The summed E-state index contributed by atoms with van der Waals surface area (Å²) < 4.78 is 0. The molecule has 1 saturated heterocycles. The summed E-state index contributed by atoms with van der Waals surface area (Å²) in [4.78, 5) is 24.8. The van der Waals surface area contributed by atoms with E-state index in [-0.39, 0.29) is 18.1 Å². The number of hydrogen-bond acceptors (Lipinski definition) is 5. The number of aliphatic carboxylic acids is 1. The summed E-state index contributed by atoms with van der Waals surface area (Å²) >= 11 is 5.37. The number of phenolic OH excluding ortho intramolecular Hbond substituents is 1. The molecular formula is C13H15NO4S2. The Hall–Kier alpha value is -1.34. The molecule has 7 heteroatoms. The Morgan fingerprint density at radius 1 is 1.40 bits per heavy atom. The van der Waals surface area contributed by atoms with Gasteiger partial charge in [-0.05, 0) is 11.8 Å². The lowest BCUT2D eigenvalue weighted by atomic mass is 10.1. The second-order valence-corrected chi connectivity index (χ2v) is 5.93. The van der Waals surface area contributed by atoms with Crippen LogP contribution in [-0.4, -0.2) is 44.5 Å². The van der Waals surface area contributed by atoms with Crippen LogP contribution in [0.4, 0.5) is 0 Å². The lowest BCUT2D eigenvalue weighted by Crippen LogP contribution is -2.43. The van der Waals surface area contributed by atoms with Crippen LogP contribution in [0.5, 0.6) is 5.75 Å². The number of thioether (sulfide) groups is 1. The third kappa shape index (κ3) is 2.88. The van der Waals surface area contributed by atoms with Crippen molar-refractivity contribution in [2.24, 2.45) is 0 Å². The van der Waals surface area contributed by atoms with Crippen molar-refractivity contribution in [2.45, 2.75) is 17.8 Å². The lowest BCUT2D eigenvalue weighted by Gasteiger charge is -2.27. The molecule has 108 valence electrons. The molecule has 1 heterocycles. The maximum absolute atomic E-state index is 12.2. The first-order chi connectivity index (χ1) is 9.56. The highest BCUT2D eigenvalue weighted by Crippen LogP contribution is 2.44. The van der Waals surface area contributed by atoms with E-state index in [0.29, 0.717) is 17.1 Å². The van der Waals surface area contributed by atoms with Crippen molar-refractivity contribution < 1.29 is 19.8 Å². The largest absolute Gasteiger partial charge is 0.508 e. The van der Waals surface area contributed by atoms with Crippen LogP contribution in [0, 0.1) is 0 Å². The predicted octanol–water partition coefficient (Wildman–Crippen LogP) is 1.74. The first kappa shape index (κ1) is 15.1. The molecule has 2 atom stereocenters. The second-order valence-electron chi connectivity index (χ2n) is 4.37. The highest BCUT2D eigenvalue weighted by atomic mass is 32.2. The molecule has 5 nitrogen and oxygen atoms in total. The van der Waals surface area contributed by atoms with Crippen molar-refractivity contribution in [1.29, 1.82) is 0 Å². The van der Waals surface area contributed by atoms with E-state index in [2.05, 4.69) is 12.6 Å². The molecule has 0 aromatic heterocycles. The fourth-order valence-corrected chi connectivity index (χ4v) is 3.82. The van der Waals surface area contributed by atoms with E-state index in [4.69, 9.17) is 0 Å². The molecule has 2 N–H and O–H groups in total. The zero-order valence-corrected chi connectivity index (χ0v) is 12.3. The van der Waals surface area contributed by atoms with Gasteiger partial charge in [-0.3, -0.25) is 4.79 Å². The summed E-state index contributed by atoms with van der Waals surface area (Å²) in [7, 11) is 0. The first-order valence-corrected chi connectivity index (χ1v) is 7.78. The summed E-state index contributed by atoms with van der Waals surface area (Å²) in [5.74, 6) is -0.541. The molecular weight excluding hydrogens is 298 g/mol. The van der Waals surface area contributed by atoms with Gasteiger partial charge in [-0.25, -0.2) is 4.79 Å². The molecule has 1 fully saturated rings. The maximum atomic E-state index is 12.2. The fourth-order valence-electron chi connectivity index (χ4n) is 2.16. The van der Waals surface area contributed by atoms with Crippen molar-refractivity contribution >= 4 is 36.3 Å². The van der Waals surface area contributed by atoms with Gasteiger partial charge in [0, 0.05) is 17.7 Å². The minimum Gasteiger partial charge on any atom is -0.508 e. The average Bonchev–Trinajstić information content (AvgIpc) is 2.84.